The van der Waals surface area contributed by atoms with E-state index in [0.717, 1.165) is 12.8 Å². The summed E-state index contributed by atoms with van der Waals surface area (Å²) in [4.78, 5) is 47.1. The molecule has 3 heterocycles. The zero-order valence-electron chi connectivity index (χ0n) is 17.6. The van der Waals surface area contributed by atoms with Gasteiger partial charge in [0.15, 0.2) is 0 Å². The highest BCUT2D eigenvalue weighted by atomic mass is 16.6. The monoisotopic (exact) mass is 423 g/mol. The van der Waals surface area contributed by atoms with Gasteiger partial charge < -0.3 is 14.9 Å². The minimum absolute atomic E-state index is 0.00158. The summed E-state index contributed by atoms with van der Waals surface area (Å²) < 4.78 is 1.50. The summed E-state index contributed by atoms with van der Waals surface area (Å²) in [6.07, 6.45) is 3.05. The Labute approximate surface area is 174 Å². The first kappa shape index (κ1) is 23.3. The van der Waals surface area contributed by atoms with E-state index >= 15 is 0 Å². The van der Waals surface area contributed by atoms with Gasteiger partial charge in [-0.15, -0.1) is 0 Å². The van der Waals surface area contributed by atoms with Crippen molar-refractivity contribution in [2.45, 2.75) is 52.0 Å². The average molecular weight is 423 g/mol. The molecule has 166 valence electrons. The van der Waals surface area contributed by atoms with Crippen molar-refractivity contribution in [2.24, 2.45) is 13.0 Å². The third-order valence-electron chi connectivity index (χ3n) is 5.65. The SMILES string of the molecule is CCC1CC(=O)CCN1C(=O)O.CCC1CN(c2c([N+](=O)[O-])cnn2C)CCC1=O. The van der Waals surface area contributed by atoms with Crippen LogP contribution in [0, 0.1) is 16.0 Å². The van der Waals surface area contributed by atoms with E-state index in [2.05, 4.69) is 5.10 Å². The Morgan fingerprint density at radius 2 is 1.97 bits per heavy atom. The zero-order valence-corrected chi connectivity index (χ0v) is 17.6. The van der Waals surface area contributed by atoms with E-state index in [0.29, 0.717) is 44.7 Å². The zero-order chi connectivity index (χ0) is 22.4. The van der Waals surface area contributed by atoms with Crippen LogP contribution >= 0.6 is 0 Å². The highest BCUT2D eigenvalue weighted by Crippen LogP contribution is 2.30. The molecule has 30 heavy (non-hydrogen) atoms. The molecule has 0 bridgehead atoms. The molecule has 2 atom stereocenters. The molecule has 0 aliphatic carbocycles. The number of amides is 1. The molecule has 11 nitrogen and oxygen atoms in total. The van der Waals surface area contributed by atoms with Crippen LogP contribution in [0.5, 0.6) is 0 Å². The molecule has 1 amide bonds. The number of carboxylic acid groups (broad SMARTS) is 1. The molecule has 2 unspecified atom stereocenters. The number of hydrogen-bond donors (Lipinski definition) is 1. The van der Waals surface area contributed by atoms with Crippen LogP contribution < -0.4 is 4.90 Å². The lowest BCUT2D eigenvalue weighted by Crippen LogP contribution is -2.45. The van der Waals surface area contributed by atoms with Gasteiger partial charge in [-0.2, -0.15) is 5.10 Å². The van der Waals surface area contributed by atoms with Crippen LogP contribution in [-0.4, -0.2) is 68.0 Å². The highest BCUT2D eigenvalue weighted by Gasteiger charge is 2.32. The number of rotatable bonds is 4. The third-order valence-corrected chi connectivity index (χ3v) is 5.65. The van der Waals surface area contributed by atoms with Crippen molar-refractivity contribution in [3.8, 4) is 0 Å². The van der Waals surface area contributed by atoms with E-state index < -0.39 is 11.0 Å². The lowest BCUT2D eigenvalue weighted by Gasteiger charge is -2.32. The van der Waals surface area contributed by atoms with E-state index in [-0.39, 0.29) is 29.2 Å². The van der Waals surface area contributed by atoms with Gasteiger partial charge in [-0.1, -0.05) is 13.8 Å². The summed E-state index contributed by atoms with van der Waals surface area (Å²) in [7, 11) is 1.68. The Hall–Kier alpha value is -2.98. The van der Waals surface area contributed by atoms with Crippen molar-refractivity contribution in [3.63, 3.8) is 0 Å². The maximum Gasteiger partial charge on any atom is 0.407 e. The van der Waals surface area contributed by atoms with Crippen molar-refractivity contribution in [1.29, 1.82) is 0 Å². The summed E-state index contributed by atoms with van der Waals surface area (Å²) >= 11 is 0. The molecule has 1 N–H and O–H groups in total. The van der Waals surface area contributed by atoms with Gasteiger partial charge in [-0.3, -0.25) is 19.7 Å². The summed E-state index contributed by atoms with van der Waals surface area (Å²) in [5.74, 6) is 0.886. The van der Waals surface area contributed by atoms with Gasteiger partial charge in [-0.25, -0.2) is 9.48 Å². The van der Waals surface area contributed by atoms with Crippen molar-refractivity contribution >= 4 is 29.2 Å². The molecule has 0 saturated carbocycles. The second kappa shape index (κ2) is 10.2. The fourth-order valence-electron chi connectivity index (χ4n) is 3.89. The van der Waals surface area contributed by atoms with Crippen molar-refractivity contribution in [3.05, 3.63) is 16.3 Å². The number of nitrogens with zero attached hydrogens (tertiary/aromatic N) is 5. The topological polar surface area (TPSA) is 139 Å². The molecule has 0 radical (unpaired) electrons. The first-order valence-corrected chi connectivity index (χ1v) is 10.1. The molecule has 2 saturated heterocycles. The summed E-state index contributed by atoms with van der Waals surface area (Å²) in [5, 5.41) is 23.6. The number of carbonyl (C=O) groups excluding carboxylic acids is 2. The fraction of sp³-hybridized carbons (Fsp3) is 0.684. The Morgan fingerprint density at radius 1 is 1.27 bits per heavy atom. The summed E-state index contributed by atoms with van der Waals surface area (Å²) in [5.41, 5.74) is 0.00158. The maximum atomic E-state index is 11.7. The van der Waals surface area contributed by atoms with Gasteiger partial charge in [0, 0.05) is 57.9 Å². The van der Waals surface area contributed by atoms with Gasteiger partial charge in [0.25, 0.3) is 0 Å². The molecule has 3 rings (SSSR count). The Balaban J connectivity index is 0.000000232. The van der Waals surface area contributed by atoms with E-state index in [4.69, 9.17) is 5.11 Å². The molecule has 2 fully saturated rings. The normalized spacial score (nSPS) is 21.8. The molecule has 11 heteroatoms. The van der Waals surface area contributed by atoms with Gasteiger partial charge >= 0.3 is 11.8 Å². The smallest absolute Gasteiger partial charge is 0.407 e. The van der Waals surface area contributed by atoms with Gasteiger partial charge in [0.05, 0.1) is 4.92 Å². The molecule has 2 aliphatic rings. The first-order chi connectivity index (χ1) is 14.2. The number of anilines is 1. The van der Waals surface area contributed by atoms with Crippen LogP contribution in [0.3, 0.4) is 0 Å². The molecule has 0 spiro atoms. The molecular formula is C19H29N5O6. The molecule has 0 aromatic carbocycles. The number of nitro groups is 1. The predicted octanol–water partition coefficient (Wildman–Crippen LogP) is 2.24. The van der Waals surface area contributed by atoms with Crippen LogP contribution in [0.1, 0.15) is 46.0 Å². The highest BCUT2D eigenvalue weighted by molar-refractivity contribution is 5.84. The molecular weight excluding hydrogens is 394 g/mol. The Bertz CT molecular complexity index is 807. The number of aryl methyl sites for hydroxylation is 1. The number of aromatic nitrogens is 2. The van der Waals surface area contributed by atoms with Crippen molar-refractivity contribution < 1.29 is 24.4 Å². The number of carbonyl (C=O) groups is 3. The van der Waals surface area contributed by atoms with Gasteiger partial charge in [0.2, 0.25) is 5.82 Å². The van der Waals surface area contributed by atoms with E-state index in [1.54, 1.807) is 7.05 Å². The molecule has 2 aliphatic heterocycles. The van der Waals surface area contributed by atoms with Crippen molar-refractivity contribution in [1.82, 2.24) is 14.7 Å². The molecule has 1 aromatic heterocycles. The average Bonchev–Trinajstić information content (AvgIpc) is 3.10. The third kappa shape index (κ3) is 5.33. The van der Waals surface area contributed by atoms with E-state index in [1.165, 1.54) is 15.8 Å². The minimum Gasteiger partial charge on any atom is -0.465 e. The number of Topliss-reactive ketones (excluding diaryl/α,β-unsaturated/α-hetero) is 2. The number of ketones is 2. The Morgan fingerprint density at radius 3 is 2.53 bits per heavy atom. The van der Waals surface area contributed by atoms with Crippen LogP contribution in [0.15, 0.2) is 6.20 Å². The number of piperidine rings is 2. The largest absolute Gasteiger partial charge is 0.465 e. The Kier molecular flexibility index (Phi) is 7.90. The predicted molar refractivity (Wildman–Crippen MR) is 109 cm³/mol. The minimum atomic E-state index is -0.908. The first-order valence-electron chi connectivity index (χ1n) is 10.1. The van der Waals surface area contributed by atoms with Gasteiger partial charge in [-0.05, 0) is 12.8 Å². The van der Waals surface area contributed by atoms with E-state index in [1.807, 2.05) is 18.7 Å². The summed E-state index contributed by atoms with van der Waals surface area (Å²) in [6.45, 7) is 5.29. The van der Waals surface area contributed by atoms with Crippen molar-refractivity contribution in [2.75, 3.05) is 24.5 Å². The number of hydrogen-bond acceptors (Lipinski definition) is 7. The quantitative estimate of drug-likeness (QED) is 0.574. The lowest BCUT2D eigenvalue weighted by atomic mass is 9.94. The van der Waals surface area contributed by atoms with Crippen LogP contribution in [0.4, 0.5) is 16.3 Å². The number of likely N-dealkylation sites (tertiary alicyclic amines) is 1. The summed E-state index contributed by atoms with van der Waals surface area (Å²) in [6, 6.07) is -0.0938. The molecule has 1 aromatic rings. The van der Waals surface area contributed by atoms with E-state index in [9.17, 15) is 24.5 Å². The maximum absolute atomic E-state index is 11.7. The van der Waals surface area contributed by atoms with Crippen LogP contribution in [-0.2, 0) is 16.6 Å². The van der Waals surface area contributed by atoms with Crippen LogP contribution in [0.2, 0.25) is 0 Å². The second-order valence-electron chi connectivity index (χ2n) is 7.53. The standard InChI is InChI=1S/C11H16N4O3.C8H13NO3/c1-3-8-7-14(5-4-10(8)16)11-9(15(17)18)6-12-13(11)2;1-2-6-5-7(10)3-4-9(6)8(11)12/h6,8H,3-5,7H2,1-2H3;6H,2-5H2,1H3,(H,11,12). The lowest BCUT2D eigenvalue weighted by molar-refractivity contribution is -0.384. The fourth-order valence-corrected chi connectivity index (χ4v) is 3.89. The second-order valence-corrected chi connectivity index (χ2v) is 7.53. The van der Waals surface area contributed by atoms with Crippen LogP contribution in [0.25, 0.3) is 0 Å². The van der Waals surface area contributed by atoms with Gasteiger partial charge in [0.1, 0.15) is 17.8 Å².